The first-order chi connectivity index (χ1) is 6.34. The quantitative estimate of drug-likeness (QED) is 0.631. The predicted octanol–water partition coefficient (Wildman–Crippen LogP) is 3.18. The van der Waals surface area contributed by atoms with Crippen LogP contribution in [0.15, 0.2) is 30.3 Å². The molecule has 0 bridgehead atoms. The van der Waals surface area contributed by atoms with Gasteiger partial charge < -0.3 is 0 Å². The van der Waals surface area contributed by atoms with Gasteiger partial charge in [-0.3, -0.25) is 0 Å². The smallest absolute Gasteiger partial charge is 0.0194 e. The van der Waals surface area contributed by atoms with Gasteiger partial charge in [-0.2, -0.15) is 0 Å². The van der Waals surface area contributed by atoms with Crippen LogP contribution in [0.2, 0.25) is 0 Å². The van der Waals surface area contributed by atoms with Crippen molar-refractivity contribution in [3.05, 3.63) is 30.3 Å². The third-order valence-electron chi connectivity index (χ3n) is 2.84. The lowest BCUT2D eigenvalue weighted by molar-refractivity contribution is 0.613. The second kappa shape index (κ2) is 4.24. The molecule has 0 radical (unpaired) electrons. The van der Waals surface area contributed by atoms with Crippen LogP contribution in [0.3, 0.4) is 0 Å². The van der Waals surface area contributed by atoms with E-state index in [1.54, 1.807) is 5.30 Å². The van der Waals surface area contributed by atoms with Gasteiger partial charge in [-0.15, -0.1) is 0 Å². The van der Waals surface area contributed by atoms with Crippen molar-refractivity contribution in [3.63, 3.8) is 0 Å². The van der Waals surface area contributed by atoms with E-state index in [1.165, 1.54) is 19.3 Å². The minimum atomic E-state index is 0.973. The number of hydrogen-bond donors (Lipinski definition) is 0. The van der Waals surface area contributed by atoms with Gasteiger partial charge in [0.1, 0.15) is 0 Å². The maximum absolute atomic E-state index is 2.38. The van der Waals surface area contributed by atoms with Crippen molar-refractivity contribution in [2.75, 3.05) is 0 Å². The zero-order valence-electron chi connectivity index (χ0n) is 8.16. The summed E-state index contributed by atoms with van der Waals surface area (Å²) < 4.78 is 0. The monoisotopic (exact) mass is 192 g/mol. The van der Waals surface area contributed by atoms with Gasteiger partial charge in [0.2, 0.25) is 0 Å². The fourth-order valence-electron chi connectivity index (χ4n) is 2.11. The molecule has 1 fully saturated rings. The van der Waals surface area contributed by atoms with Gasteiger partial charge in [0, 0.05) is 0 Å². The van der Waals surface area contributed by atoms with E-state index >= 15 is 0 Å². The Morgan fingerprint density at radius 3 is 2.54 bits per heavy atom. The average Bonchev–Trinajstić information content (AvgIpc) is 2.53. The molecule has 0 spiro atoms. The van der Waals surface area contributed by atoms with Crippen LogP contribution in [0.5, 0.6) is 0 Å². The third kappa shape index (κ3) is 2.54. The van der Waals surface area contributed by atoms with E-state index < -0.39 is 0 Å². The van der Waals surface area contributed by atoms with Crippen molar-refractivity contribution in [1.82, 2.24) is 0 Å². The molecule has 0 nitrogen and oxygen atoms in total. The van der Waals surface area contributed by atoms with E-state index in [2.05, 4.69) is 37.3 Å². The summed E-state index contributed by atoms with van der Waals surface area (Å²) >= 11 is 0. The lowest BCUT2D eigenvalue weighted by Gasteiger charge is -2.09. The Morgan fingerprint density at radius 2 is 1.92 bits per heavy atom. The summed E-state index contributed by atoms with van der Waals surface area (Å²) in [4.78, 5) is 0. The van der Waals surface area contributed by atoms with Crippen molar-refractivity contribution in [2.24, 2.45) is 5.92 Å². The predicted molar refractivity (Wildman–Crippen MR) is 61.2 cm³/mol. The van der Waals surface area contributed by atoms with E-state index in [0.29, 0.717) is 0 Å². The maximum atomic E-state index is 2.38. The molecule has 1 saturated carbocycles. The Hall–Kier alpha value is -0.350. The molecule has 1 heteroatoms. The van der Waals surface area contributed by atoms with E-state index in [0.717, 1.165) is 20.2 Å². The van der Waals surface area contributed by atoms with E-state index in [-0.39, 0.29) is 0 Å². The van der Waals surface area contributed by atoms with Gasteiger partial charge in [0.25, 0.3) is 0 Å². The summed E-state index contributed by atoms with van der Waals surface area (Å²) in [6.45, 7) is 2.38. The summed E-state index contributed by atoms with van der Waals surface area (Å²) in [6, 6.07) is 10.9. The molecule has 1 aliphatic carbocycles. The van der Waals surface area contributed by atoms with Crippen molar-refractivity contribution >= 4 is 13.9 Å². The first kappa shape index (κ1) is 9.21. The van der Waals surface area contributed by atoms with Gasteiger partial charge >= 0.3 is 0 Å². The molecule has 1 aromatic rings. The topological polar surface area (TPSA) is 0 Å². The number of hydrogen-bond acceptors (Lipinski definition) is 0. The second-order valence-electron chi connectivity index (χ2n) is 4.13. The van der Waals surface area contributed by atoms with Crippen molar-refractivity contribution in [3.8, 4) is 0 Å². The van der Waals surface area contributed by atoms with Gasteiger partial charge in [0.05, 0.1) is 0 Å². The average molecular weight is 192 g/mol. The highest BCUT2D eigenvalue weighted by Crippen LogP contribution is 2.36. The molecule has 3 unspecified atom stereocenters. The summed E-state index contributed by atoms with van der Waals surface area (Å²) in [5.74, 6) is 0.973. The molecule has 0 aromatic heterocycles. The van der Waals surface area contributed by atoms with Crippen LogP contribution in [-0.2, 0) is 0 Å². The molecule has 2 rings (SSSR count). The molecular formula is C12H17P. The van der Waals surface area contributed by atoms with Crippen molar-refractivity contribution in [2.45, 2.75) is 31.8 Å². The zero-order chi connectivity index (χ0) is 9.10. The van der Waals surface area contributed by atoms with Crippen LogP contribution in [0, 0.1) is 5.92 Å². The number of rotatable bonds is 2. The van der Waals surface area contributed by atoms with Crippen LogP contribution in [-0.4, -0.2) is 5.66 Å². The summed E-state index contributed by atoms with van der Waals surface area (Å²) in [6.07, 6.45) is 4.35. The molecule has 1 aliphatic rings. The second-order valence-corrected chi connectivity index (χ2v) is 5.81. The summed E-state index contributed by atoms with van der Waals surface area (Å²) in [5, 5.41) is 1.54. The lowest BCUT2D eigenvalue weighted by Crippen LogP contribution is -2.01. The van der Waals surface area contributed by atoms with Gasteiger partial charge in [-0.1, -0.05) is 52.3 Å². The Kier molecular flexibility index (Phi) is 3.01. The minimum absolute atomic E-state index is 0.973. The standard InChI is InChI=1S/C12H17P/c1-10-7-8-12(9-10)13-11-5-3-2-4-6-11/h2-6,10,12-13H,7-9H2,1H3. The highest BCUT2D eigenvalue weighted by molar-refractivity contribution is 7.48. The van der Waals surface area contributed by atoms with E-state index in [1.807, 2.05) is 0 Å². The zero-order valence-corrected chi connectivity index (χ0v) is 9.16. The molecule has 0 heterocycles. The molecule has 0 amide bonds. The molecular weight excluding hydrogens is 175 g/mol. The van der Waals surface area contributed by atoms with Crippen molar-refractivity contribution in [1.29, 1.82) is 0 Å². The highest BCUT2D eigenvalue weighted by Gasteiger charge is 2.20. The summed E-state index contributed by atoms with van der Waals surface area (Å²) in [5.41, 5.74) is 0.984. The molecule has 0 N–H and O–H groups in total. The lowest BCUT2D eigenvalue weighted by atomic mass is 10.1. The molecule has 0 saturated heterocycles. The van der Waals surface area contributed by atoms with E-state index in [4.69, 9.17) is 0 Å². The fourth-order valence-corrected chi connectivity index (χ4v) is 3.80. The third-order valence-corrected chi connectivity index (χ3v) is 4.44. The summed E-state index contributed by atoms with van der Waals surface area (Å²) in [7, 11) is 1.04. The first-order valence-corrected chi connectivity index (χ1v) is 6.24. The molecule has 1 aromatic carbocycles. The van der Waals surface area contributed by atoms with Crippen molar-refractivity contribution < 1.29 is 0 Å². The van der Waals surface area contributed by atoms with Crippen LogP contribution >= 0.6 is 8.58 Å². The largest absolute Gasteiger partial charge is 0.0872 e. The Labute approximate surface area is 82.5 Å². The van der Waals surface area contributed by atoms with Crippen LogP contribution in [0.25, 0.3) is 0 Å². The molecule has 13 heavy (non-hydrogen) atoms. The minimum Gasteiger partial charge on any atom is -0.0872 e. The Bertz CT molecular complexity index is 255. The van der Waals surface area contributed by atoms with Gasteiger partial charge in [0.15, 0.2) is 0 Å². The Balaban J connectivity index is 1.92. The first-order valence-electron chi connectivity index (χ1n) is 5.16. The highest BCUT2D eigenvalue weighted by atomic mass is 31.1. The maximum Gasteiger partial charge on any atom is -0.0194 e. The SMILES string of the molecule is CC1CCC(Pc2ccccc2)C1. The van der Waals surface area contributed by atoms with Crippen LogP contribution in [0.4, 0.5) is 0 Å². The number of benzene rings is 1. The normalized spacial score (nSPS) is 28.7. The van der Waals surface area contributed by atoms with E-state index in [9.17, 15) is 0 Å². The van der Waals surface area contributed by atoms with Gasteiger partial charge in [-0.05, 0) is 29.7 Å². The Morgan fingerprint density at radius 1 is 1.15 bits per heavy atom. The molecule has 0 aliphatic heterocycles. The van der Waals surface area contributed by atoms with Crippen LogP contribution in [0.1, 0.15) is 26.2 Å². The molecule has 3 atom stereocenters. The fraction of sp³-hybridized carbons (Fsp3) is 0.500. The molecule has 70 valence electrons. The van der Waals surface area contributed by atoms with Crippen LogP contribution < -0.4 is 5.30 Å². The van der Waals surface area contributed by atoms with Gasteiger partial charge in [-0.25, -0.2) is 0 Å².